The molecule has 0 fully saturated rings. The number of hydrogen-bond donors (Lipinski definition) is 1. The van der Waals surface area contributed by atoms with E-state index in [4.69, 9.17) is 17.3 Å². The molecule has 1 unspecified atom stereocenters. The van der Waals surface area contributed by atoms with Gasteiger partial charge in [0.2, 0.25) is 0 Å². The molecule has 1 atom stereocenters. The molecule has 0 aliphatic rings. The lowest BCUT2D eigenvalue weighted by Gasteiger charge is -2.17. The first-order valence-corrected chi connectivity index (χ1v) is 7.68. The first-order valence-electron chi connectivity index (χ1n) is 6.22. The smallest absolute Gasteiger partial charge is 0.0995 e. The highest BCUT2D eigenvalue weighted by atomic mass is 127. The summed E-state index contributed by atoms with van der Waals surface area (Å²) in [7, 11) is 0. The van der Waals surface area contributed by atoms with Gasteiger partial charge in [0.15, 0.2) is 0 Å². The van der Waals surface area contributed by atoms with E-state index in [0.29, 0.717) is 5.92 Å². The number of rotatable bonds is 4. The summed E-state index contributed by atoms with van der Waals surface area (Å²) in [4.78, 5) is 4.24. The van der Waals surface area contributed by atoms with Gasteiger partial charge in [-0.2, -0.15) is 0 Å². The first-order chi connectivity index (χ1) is 8.99. The lowest BCUT2D eigenvalue weighted by atomic mass is 10.0. The van der Waals surface area contributed by atoms with Gasteiger partial charge in [-0.25, -0.2) is 4.98 Å². The largest absolute Gasteiger partial charge is 0.323 e. The van der Waals surface area contributed by atoms with E-state index < -0.39 is 0 Å². The fraction of sp³-hybridized carbons (Fsp3) is 0.357. The van der Waals surface area contributed by atoms with E-state index in [0.717, 1.165) is 26.4 Å². The van der Waals surface area contributed by atoms with E-state index in [1.54, 1.807) is 6.33 Å². The molecule has 2 aromatic rings. The zero-order valence-corrected chi connectivity index (χ0v) is 13.9. The van der Waals surface area contributed by atoms with Crippen molar-refractivity contribution in [2.24, 2.45) is 11.7 Å². The molecule has 0 amide bonds. The van der Waals surface area contributed by atoms with Crippen molar-refractivity contribution in [3.8, 4) is 5.69 Å². The van der Waals surface area contributed by atoms with Gasteiger partial charge in [-0.05, 0) is 53.1 Å². The third-order valence-corrected chi connectivity index (χ3v) is 4.04. The molecule has 0 saturated heterocycles. The summed E-state index contributed by atoms with van der Waals surface area (Å²) < 4.78 is 3.13. The van der Waals surface area contributed by atoms with Crippen molar-refractivity contribution in [3.63, 3.8) is 0 Å². The summed E-state index contributed by atoms with van der Waals surface area (Å²) in [6.07, 6.45) is 4.59. The Kier molecular flexibility index (Phi) is 4.86. The average Bonchev–Trinajstić information content (AvgIpc) is 2.76. The Morgan fingerprint density at radius 2 is 2.16 bits per heavy atom. The Morgan fingerprint density at radius 1 is 1.42 bits per heavy atom. The number of halogens is 2. The Bertz CT molecular complexity index is 566. The van der Waals surface area contributed by atoms with Crippen LogP contribution in [0.3, 0.4) is 0 Å². The summed E-state index contributed by atoms with van der Waals surface area (Å²) in [5.74, 6) is 0.558. The molecule has 2 rings (SSSR count). The van der Waals surface area contributed by atoms with Crippen molar-refractivity contribution in [2.75, 3.05) is 0 Å². The van der Waals surface area contributed by atoms with Crippen LogP contribution in [0.2, 0.25) is 5.02 Å². The minimum atomic E-state index is -0.00558. The van der Waals surface area contributed by atoms with Gasteiger partial charge in [0, 0.05) is 14.6 Å². The number of nitrogens with two attached hydrogens (primary N) is 1. The van der Waals surface area contributed by atoms with E-state index in [-0.39, 0.29) is 6.04 Å². The van der Waals surface area contributed by atoms with E-state index in [1.807, 2.05) is 29.0 Å². The van der Waals surface area contributed by atoms with Crippen molar-refractivity contribution in [3.05, 3.63) is 45.0 Å². The summed E-state index contributed by atoms with van der Waals surface area (Å²) in [5, 5.41) is 0.737. The van der Waals surface area contributed by atoms with Crippen LogP contribution in [0, 0.1) is 9.49 Å². The molecule has 102 valence electrons. The fourth-order valence-corrected chi connectivity index (χ4v) is 3.22. The van der Waals surface area contributed by atoms with Crippen molar-refractivity contribution in [1.29, 1.82) is 0 Å². The van der Waals surface area contributed by atoms with Gasteiger partial charge < -0.3 is 10.3 Å². The molecule has 0 aliphatic heterocycles. The minimum absolute atomic E-state index is 0.00558. The lowest BCUT2D eigenvalue weighted by molar-refractivity contribution is 0.498. The maximum atomic E-state index is 6.27. The molecule has 0 aliphatic carbocycles. The van der Waals surface area contributed by atoms with Crippen molar-refractivity contribution in [1.82, 2.24) is 9.55 Å². The molecule has 0 bridgehead atoms. The summed E-state index contributed by atoms with van der Waals surface area (Å²) >= 11 is 8.27. The molecular weight excluding hydrogens is 373 g/mol. The predicted octanol–water partition coefficient (Wildman–Crippen LogP) is 4.18. The molecule has 1 aromatic heterocycles. The second kappa shape index (κ2) is 6.24. The van der Waals surface area contributed by atoms with E-state index in [1.165, 1.54) is 0 Å². The molecule has 1 aromatic carbocycles. The molecular formula is C14H17ClIN3. The molecule has 3 nitrogen and oxygen atoms in total. The van der Waals surface area contributed by atoms with E-state index in [9.17, 15) is 0 Å². The molecule has 0 radical (unpaired) electrons. The second-order valence-electron chi connectivity index (χ2n) is 5.02. The van der Waals surface area contributed by atoms with Crippen molar-refractivity contribution in [2.45, 2.75) is 26.3 Å². The number of imidazole rings is 1. The van der Waals surface area contributed by atoms with Gasteiger partial charge in [-0.3, -0.25) is 0 Å². The fourth-order valence-electron chi connectivity index (χ4n) is 2.09. The van der Waals surface area contributed by atoms with Gasteiger partial charge in [0.25, 0.3) is 0 Å². The van der Waals surface area contributed by atoms with Crippen LogP contribution in [-0.2, 0) is 0 Å². The van der Waals surface area contributed by atoms with Crippen molar-refractivity contribution < 1.29 is 0 Å². The van der Waals surface area contributed by atoms with Crippen LogP contribution in [-0.4, -0.2) is 9.55 Å². The number of hydrogen-bond acceptors (Lipinski definition) is 2. The highest BCUT2D eigenvalue weighted by Gasteiger charge is 2.15. The van der Waals surface area contributed by atoms with E-state index in [2.05, 4.69) is 41.4 Å². The molecule has 5 heteroatoms. The molecule has 0 spiro atoms. The van der Waals surface area contributed by atoms with Gasteiger partial charge in [0.1, 0.15) is 0 Å². The lowest BCUT2D eigenvalue weighted by Crippen LogP contribution is -2.17. The highest BCUT2D eigenvalue weighted by molar-refractivity contribution is 14.1. The standard InChI is InChI=1S/C14H17ClIN3/c1-9(2)5-12(17)14-7-18-8-19(14)13-4-3-10(15)6-11(13)16/h3-4,6-9,12H,5,17H2,1-2H3. The van der Waals surface area contributed by atoms with Crippen LogP contribution < -0.4 is 5.73 Å². The average molecular weight is 390 g/mol. The number of nitrogens with zero attached hydrogens (tertiary/aromatic N) is 2. The van der Waals surface area contributed by atoms with Crippen LogP contribution in [0.25, 0.3) is 5.69 Å². The maximum Gasteiger partial charge on any atom is 0.0995 e. The SMILES string of the molecule is CC(C)CC(N)c1cncn1-c1ccc(Cl)cc1I. The monoisotopic (exact) mass is 389 g/mol. The topological polar surface area (TPSA) is 43.8 Å². The zero-order chi connectivity index (χ0) is 14.0. The van der Waals surface area contributed by atoms with Crippen LogP contribution in [0.15, 0.2) is 30.7 Å². The highest BCUT2D eigenvalue weighted by Crippen LogP contribution is 2.26. The quantitative estimate of drug-likeness (QED) is 0.797. The van der Waals surface area contributed by atoms with Crippen LogP contribution in [0.4, 0.5) is 0 Å². The summed E-state index contributed by atoms with van der Waals surface area (Å²) in [6.45, 7) is 4.35. The third kappa shape index (κ3) is 3.49. The Balaban J connectivity index is 2.38. The van der Waals surface area contributed by atoms with Gasteiger partial charge in [-0.15, -0.1) is 0 Å². The predicted molar refractivity (Wildman–Crippen MR) is 87.7 cm³/mol. The van der Waals surface area contributed by atoms with Crippen LogP contribution in [0.1, 0.15) is 32.0 Å². The van der Waals surface area contributed by atoms with Crippen LogP contribution in [0.5, 0.6) is 0 Å². The summed E-state index contributed by atoms with van der Waals surface area (Å²) in [6, 6.07) is 5.82. The Labute approximate surface area is 132 Å². The first kappa shape index (κ1) is 14.8. The Morgan fingerprint density at radius 3 is 2.79 bits per heavy atom. The maximum absolute atomic E-state index is 6.27. The molecule has 2 N–H and O–H groups in total. The van der Waals surface area contributed by atoms with Crippen LogP contribution >= 0.6 is 34.2 Å². The molecule has 0 saturated carbocycles. The molecule has 19 heavy (non-hydrogen) atoms. The second-order valence-corrected chi connectivity index (χ2v) is 6.62. The number of benzene rings is 1. The minimum Gasteiger partial charge on any atom is -0.323 e. The van der Waals surface area contributed by atoms with Gasteiger partial charge >= 0.3 is 0 Å². The third-order valence-electron chi connectivity index (χ3n) is 2.94. The Hall–Kier alpha value is -0.590. The zero-order valence-electron chi connectivity index (χ0n) is 11.0. The van der Waals surface area contributed by atoms with Crippen molar-refractivity contribution >= 4 is 34.2 Å². The summed E-state index contributed by atoms with van der Waals surface area (Å²) in [5.41, 5.74) is 8.37. The normalized spacial score (nSPS) is 12.9. The van der Waals surface area contributed by atoms with Gasteiger partial charge in [0.05, 0.1) is 23.9 Å². The molecule has 1 heterocycles. The number of aromatic nitrogens is 2. The van der Waals surface area contributed by atoms with Gasteiger partial charge in [-0.1, -0.05) is 25.4 Å². The van der Waals surface area contributed by atoms with E-state index >= 15 is 0 Å².